The van der Waals surface area contributed by atoms with Gasteiger partial charge in [-0.2, -0.15) is 5.10 Å². The number of aryl methyl sites for hydroxylation is 2. The predicted molar refractivity (Wildman–Crippen MR) is 82.8 cm³/mol. The number of aromatic nitrogens is 1. The van der Waals surface area contributed by atoms with Crippen LogP contribution in [0.2, 0.25) is 0 Å². The Bertz CT molecular complexity index is 727. The number of hydrogen-bond donors (Lipinski definition) is 3. The van der Waals surface area contributed by atoms with E-state index in [1.54, 1.807) is 19.1 Å². The fraction of sp³-hybridized carbons (Fsp3) is 0.188. The van der Waals surface area contributed by atoms with Gasteiger partial charge in [0.1, 0.15) is 5.75 Å². The number of aliphatic hydroxyl groups is 1. The van der Waals surface area contributed by atoms with Crippen molar-refractivity contribution in [3.05, 3.63) is 58.4 Å². The molecule has 0 fully saturated rings. The molecule has 0 bridgehead atoms. The fourth-order valence-corrected chi connectivity index (χ4v) is 1.97. The number of aromatic hydroxyl groups is 1. The maximum atomic E-state index is 12.0. The van der Waals surface area contributed by atoms with Crippen molar-refractivity contribution in [3.63, 3.8) is 0 Å². The topological polar surface area (TPSA) is 94.8 Å². The van der Waals surface area contributed by atoms with Crippen LogP contribution >= 0.6 is 0 Å². The first kappa shape index (κ1) is 15.7. The Kier molecular flexibility index (Phi) is 4.85. The summed E-state index contributed by atoms with van der Waals surface area (Å²) >= 11 is 0. The van der Waals surface area contributed by atoms with Crippen LogP contribution in [0.3, 0.4) is 0 Å². The second-order valence-electron chi connectivity index (χ2n) is 4.80. The first-order valence-corrected chi connectivity index (χ1v) is 6.72. The molecule has 2 rings (SSSR count). The van der Waals surface area contributed by atoms with Crippen LogP contribution in [0.5, 0.6) is 5.75 Å². The van der Waals surface area contributed by atoms with Crippen LogP contribution in [-0.4, -0.2) is 27.3 Å². The average molecular weight is 299 g/mol. The van der Waals surface area contributed by atoms with E-state index in [2.05, 4.69) is 15.5 Å². The lowest BCUT2D eigenvalue weighted by Gasteiger charge is -2.07. The summed E-state index contributed by atoms with van der Waals surface area (Å²) in [5.41, 5.74) is 4.95. The summed E-state index contributed by atoms with van der Waals surface area (Å²) in [5, 5.41) is 23.1. The quantitative estimate of drug-likeness (QED) is 0.591. The van der Waals surface area contributed by atoms with Crippen LogP contribution in [-0.2, 0) is 6.61 Å². The Labute approximate surface area is 128 Å². The first-order valence-electron chi connectivity index (χ1n) is 6.72. The van der Waals surface area contributed by atoms with E-state index < -0.39 is 0 Å². The van der Waals surface area contributed by atoms with E-state index in [4.69, 9.17) is 0 Å². The summed E-state index contributed by atoms with van der Waals surface area (Å²) in [7, 11) is 0. The zero-order valence-electron chi connectivity index (χ0n) is 12.4. The Morgan fingerprint density at radius 2 is 2.09 bits per heavy atom. The molecule has 0 saturated heterocycles. The Balaban J connectivity index is 2.19. The van der Waals surface area contributed by atoms with Gasteiger partial charge in [0.2, 0.25) is 0 Å². The van der Waals surface area contributed by atoms with E-state index >= 15 is 0 Å². The molecule has 1 amide bonds. The van der Waals surface area contributed by atoms with Crippen LogP contribution in [0.4, 0.5) is 0 Å². The highest BCUT2D eigenvalue weighted by Crippen LogP contribution is 2.21. The molecule has 0 unspecified atom stereocenters. The summed E-state index contributed by atoms with van der Waals surface area (Å²) in [6.45, 7) is 3.19. The molecule has 1 aromatic carbocycles. The number of hydrogen-bond acceptors (Lipinski definition) is 5. The number of carbonyl (C=O) groups excluding carboxylic acids is 1. The molecule has 6 nitrogen and oxygen atoms in total. The van der Waals surface area contributed by atoms with Crippen molar-refractivity contribution in [2.75, 3.05) is 0 Å². The number of carbonyl (C=O) groups is 1. The number of rotatable bonds is 4. The molecule has 0 saturated carbocycles. The van der Waals surface area contributed by atoms with Gasteiger partial charge in [0.25, 0.3) is 5.91 Å². The summed E-state index contributed by atoms with van der Waals surface area (Å²) in [4.78, 5) is 16.0. The van der Waals surface area contributed by atoms with Crippen LogP contribution < -0.4 is 5.43 Å². The van der Waals surface area contributed by atoms with E-state index in [0.29, 0.717) is 22.4 Å². The molecule has 22 heavy (non-hydrogen) atoms. The molecular weight excluding hydrogens is 282 g/mol. The van der Waals surface area contributed by atoms with Crippen molar-refractivity contribution < 1.29 is 15.0 Å². The smallest absolute Gasteiger partial charge is 0.271 e. The molecule has 3 N–H and O–H groups in total. The van der Waals surface area contributed by atoms with Gasteiger partial charge in [-0.1, -0.05) is 18.2 Å². The fourth-order valence-electron chi connectivity index (χ4n) is 1.97. The zero-order chi connectivity index (χ0) is 16.1. The third-order valence-corrected chi connectivity index (χ3v) is 3.28. The van der Waals surface area contributed by atoms with Crippen molar-refractivity contribution in [2.45, 2.75) is 20.5 Å². The molecule has 0 spiro atoms. The number of aliphatic hydroxyl groups excluding tert-OH is 1. The van der Waals surface area contributed by atoms with Gasteiger partial charge in [-0.05, 0) is 25.5 Å². The molecule has 0 aliphatic carbocycles. The van der Waals surface area contributed by atoms with Gasteiger partial charge in [0.15, 0.2) is 0 Å². The van der Waals surface area contributed by atoms with Crippen molar-refractivity contribution in [1.82, 2.24) is 10.4 Å². The molecule has 0 aliphatic rings. The van der Waals surface area contributed by atoms with E-state index in [1.165, 1.54) is 12.4 Å². The number of benzene rings is 1. The van der Waals surface area contributed by atoms with Crippen LogP contribution in [0.25, 0.3) is 0 Å². The monoisotopic (exact) mass is 299 g/mol. The number of nitrogens with one attached hydrogen (secondary N) is 1. The van der Waals surface area contributed by atoms with Crippen LogP contribution in [0.15, 0.2) is 35.6 Å². The van der Waals surface area contributed by atoms with Gasteiger partial charge in [0, 0.05) is 22.9 Å². The molecule has 0 aliphatic heterocycles. The SMILES string of the molecule is Cc1ccccc1C(=O)NN=Cc1c(CO)cnc(C)c1O. The molecule has 2 aromatic rings. The van der Waals surface area contributed by atoms with Crippen molar-refractivity contribution >= 4 is 12.1 Å². The average Bonchev–Trinajstić information content (AvgIpc) is 2.52. The van der Waals surface area contributed by atoms with Gasteiger partial charge >= 0.3 is 0 Å². The predicted octanol–water partition coefficient (Wildman–Crippen LogP) is 1.66. The minimum Gasteiger partial charge on any atom is -0.505 e. The van der Waals surface area contributed by atoms with Crippen molar-refractivity contribution in [1.29, 1.82) is 0 Å². The minimum absolute atomic E-state index is 0.0690. The van der Waals surface area contributed by atoms with Crippen molar-refractivity contribution in [3.8, 4) is 5.75 Å². The Morgan fingerprint density at radius 3 is 2.77 bits per heavy atom. The molecule has 1 heterocycles. The largest absolute Gasteiger partial charge is 0.505 e. The second kappa shape index (κ2) is 6.82. The number of amides is 1. The standard InChI is InChI=1S/C16H17N3O3/c1-10-5-3-4-6-13(10)16(22)19-18-8-14-12(9-20)7-17-11(2)15(14)21/h3-8,20-21H,9H2,1-2H3,(H,19,22). The summed E-state index contributed by atoms with van der Waals surface area (Å²) < 4.78 is 0. The van der Waals surface area contributed by atoms with Gasteiger partial charge in [-0.3, -0.25) is 9.78 Å². The van der Waals surface area contributed by atoms with Crippen LogP contribution in [0, 0.1) is 13.8 Å². The molecule has 6 heteroatoms. The Morgan fingerprint density at radius 1 is 1.36 bits per heavy atom. The van der Waals surface area contributed by atoms with E-state index in [0.717, 1.165) is 5.56 Å². The second-order valence-corrected chi connectivity index (χ2v) is 4.80. The summed E-state index contributed by atoms with van der Waals surface area (Å²) in [5.74, 6) is -0.411. The highest BCUT2D eigenvalue weighted by molar-refractivity contribution is 5.96. The van der Waals surface area contributed by atoms with E-state index in [9.17, 15) is 15.0 Å². The first-order chi connectivity index (χ1) is 10.5. The number of pyridine rings is 1. The molecule has 114 valence electrons. The molecule has 0 atom stereocenters. The summed E-state index contributed by atoms with van der Waals surface area (Å²) in [6.07, 6.45) is 2.76. The van der Waals surface area contributed by atoms with Gasteiger partial charge in [-0.15, -0.1) is 0 Å². The van der Waals surface area contributed by atoms with Gasteiger partial charge < -0.3 is 10.2 Å². The normalized spacial score (nSPS) is 10.9. The molecule has 1 aromatic heterocycles. The number of nitrogens with zero attached hydrogens (tertiary/aromatic N) is 2. The minimum atomic E-state index is -0.342. The zero-order valence-corrected chi connectivity index (χ0v) is 12.4. The lowest BCUT2D eigenvalue weighted by molar-refractivity contribution is 0.0954. The highest BCUT2D eigenvalue weighted by Gasteiger charge is 2.10. The maximum Gasteiger partial charge on any atom is 0.271 e. The van der Waals surface area contributed by atoms with E-state index in [1.807, 2.05) is 19.1 Å². The summed E-state index contributed by atoms with van der Waals surface area (Å²) in [6, 6.07) is 7.15. The van der Waals surface area contributed by atoms with Crippen molar-refractivity contribution in [2.24, 2.45) is 5.10 Å². The third-order valence-electron chi connectivity index (χ3n) is 3.28. The van der Waals surface area contributed by atoms with Gasteiger partial charge in [-0.25, -0.2) is 5.43 Å². The Hall–Kier alpha value is -2.73. The van der Waals surface area contributed by atoms with Crippen LogP contribution in [0.1, 0.15) is 32.7 Å². The van der Waals surface area contributed by atoms with E-state index in [-0.39, 0.29) is 18.3 Å². The highest BCUT2D eigenvalue weighted by atomic mass is 16.3. The molecule has 0 radical (unpaired) electrons. The molecular formula is C16H17N3O3. The number of hydrazone groups is 1. The lowest BCUT2D eigenvalue weighted by atomic mass is 10.1. The lowest BCUT2D eigenvalue weighted by Crippen LogP contribution is -2.18. The maximum absolute atomic E-state index is 12.0. The van der Waals surface area contributed by atoms with Gasteiger partial charge in [0.05, 0.1) is 18.5 Å². The third kappa shape index (κ3) is 3.29.